The summed E-state index contributed by atoms with van der Waals surface area (Å²) in [5, 5.41) is 0. The molecule has 18 heavy (non-hydrogen) atoms. The zero-order valence-electron chi connectivity index (χ0n) is 9.99. The van der Waals surface area contributed by atoms with Gasteiger partial charge < -0.3 is 5.73 Å². The lowest BCUT2D eigenvalue weighted by atomic mass is 10.2. The average molecular weight is 285 g/mol. The summed E-state index contributed by atoms with van der Waals surface area (Å²) in [4.78, 5) is 3.28. The van der Waals surface area contributed by atoms with Crippen molar-refractivity contribution in [3.05, 3.63) is 50.9 Å². The second-order valence-electron chi connectivity index (χ2n) is 4.27. The summed E-state index contributed by atoms with van der Waals surface area (Å²) >= 11 is 7.44. The van der Waals surface area contributed by atoms with E-state index in [0.717, 1.165) is 16.4 Å². The fourth-order valence-electron chi connectivity index (χ4n) is 1.84. The number of benzene rings is 1. The largest absolute Gasteiger partial charge is 0.399 e. The highest BCUT2D eigenvalue weighted by molar-refractivity contribution is 7.16. The quantitative estimate of drug-likeness (QED) is 0.866. The molecule has 1 aromatic carbocycles. The average Bonchev–Trinajstić information content (AvgIpc) is 2.61. The molecule has 0 spiro atoms. The van der Waals surface area contributed by atoms with Crippen LogP contribution in [0.5, 0.6) is 0 Å². The van der Waals surface area contributed by atoms with Gasteiger partial charge in [-0.15, -0.1) is 11.3 Å². The molecule has 1 heterocycles. The van der Waals surface area contributed by atoms with Crippen LogP contribution < -0.4 is 5.73 Å². The van der Waals surface area contributed by atoms with Crippen molar-refractivity contribution in [2.24, 2.45) is 0 Å². The van der Waals surface area contributed by atoms with Gasteiger partial charge in [0.05, 0.1) is 4.34 Å². The molecule has 5 heteroatoms. The Morgan fingerprint density at radius 2 is 2.06 bits per heavy atom. The summed E-state index contributed by atoms with van der Waals surface area (Å²) in [7, 11) is 1.98. The molecule has 96 valence electrons. The van der Waals surface area contributed by atoms with Gasteiger partial charge in [0.2, 0.25) is 0 Å². The molecule has 0 aliphatic heterocycles. The molecule has 0 saturated carbocycles. The van der Waals surface area contributed by atoms with Crippen LogP contribution in [-0.2, 0) is 13.1 Å². The minimum absolute atomic E-state index is 0.294. The van der Waals surface area contributed by atoms with E-state index in [1.165, 1.54) is 17.0 Å². The van der Waals surface area contributed by atoms with E-state index in [-0.39, 0.29) is 5.82 Å². The van der Waals surface area contributed by atoms with Crippen molar-refractivity contribution < 1.29 is 4.39 Å². The van der Waals surface area contributed by atoms with Crippen molar-refractivity contribution >= 4 is 28.6 Å². The summed E-state index contributed by atoms with van der Waals surface area (Å²) in [5.74, 6) is -0.294. The molecular weight excluding hydrogens is 271 g/mol. The van der Waals surface area contributed by atoms with E-state index in [1.807, 2.05) is 19.2 Å². The standard InChI is InChI=1S/C13H14ClFN2S/c1-17(8-12-2-3-13(14)18-12)7-9-4-10(15)6-11(16)5-9/h2-6H,7-8,16H2,1H3. The zero-order chi connectivity index (χ0) is 13.1. The molecule has 0 amide bonds. The first-order valence-electron chi connectivity index (χ1n) is 5.50. The molecule has 0 bridgehead atoms. The summed E-state index contributed by atoms with van der Waals surface area (Å²) < 4.78 is 14.0. The molecule has 2 nitrogen and oxygen atoms in total. The Morgan fingerprint density at radius 1 is 1.28 bits per heavy atom. The third-order valence-corrected chi connectivity index (χ3v) is 3.70. The van der Waals surface area contributed by atoms with Crippen molar-refractivity contribution in [1.29, 1.82) is 0 Å². The van der Waals surface area contributed by atoms with E-state index >= 15 is 0 Å². The summed E-state index contributed by atoms with van der Waals surface area (Å²) in [6, 6.07) is 8.51. The molecule has 0 fully saturated rings. The van der Waals surface area contributed by atoms with Gasteiger partial charge in [-0.05, 0) is 42.9 Å². The van der Waals surface area contributed by atoms with Crippen molar-refractivity contribution in [1.82, 2.24) is 4.90 Å². The number of rotatable bonds is 4. The number of hydrogen-bond donors (Lipinski definition) is 1. The number of nitrogens with zero attached hydrogens (tertiary/aromatic N) is 1. The van der Waals surface area contributed by atoms with Gasteiger partial charge >= 0.3 is 0 Å². The van der Waals surface area contributed by atoms with Crippen LogP contribution >= 0.6 is 22.9 Å². The maximum absolute atomic E-state index is 13.2. The number of nitrogens with two attached hydrogens (primary N) is 1. The Morgan fingerprint density at radius 3 is 2.67 bits per heavy atom. The van der Waals surface area contributed by atoms with Crippen LogP contribution in [0, 0.1) is 5.82 Å². The van der Waals surface area contributed by atoms with Gasteiger partial charge in [0.25, 0.3) is 0 Å². The minimum atomic E-state index is -0.294. The fraction of sp³-hybridized carbons (Fsp3) is 0.231. The van der Waals surface area contributed by atoms with Gasteiger partial charge in [-0.1, -0.05) is 11.6 Å². The molecular formula is C13H14ClFN2S. The molecule has 0 aliphatic rings. The van der Waals surface area contributed by atoms with E-state index in [9.17, 15) is 4.39 Å². The molecule has 0 unspecified atom stereocenters. The first kappa shape index (κ1) is 13.3. The van der Waals surface area contributed by atoms with E-state index in [1.54, 1.807) is 17.4 Å². The number of nitrogen functional groups attached to an aromatic ring is 1. The molecule has 1 aromatic heterocycles. The Labute approximate surface area is 115 Å². The van der Waals surface area contributed by atoms with Crippen molar-refractivity contribution in [2.45, 2.75) is 13.1 Å². The summed E-state index contributed by atoms with van der Waals surface area (Å²) in [6.07, 6.45) is 0. The SMILES string of the molecule is CN(Cc1cc(N)cc(F)c1)Cc1ccc(Cl)s1. The fourth-order valence-corrected chi connectivity index (χ4v) is 3.00. The topological polar surface area (TPSA) is 29.3 Å². The predicted molar refractivity (Wildman–Crippen MR) is 75.3 cm³/mol. The smallest absolute Gasteiger partial charge is 0.125 e. The summed E-state index contributed by atoms with van der Waals surface area (Å²) in [5.41, 5.74) is 6.95. The minimum Gasteiger partial charge on any atom is -0.399 e. The van der Waals surface area contributed by atoms with Crippen LogP contribution in [0.2, 0.25) is 4.34 Å². The van der Waals surface area contributed by atoms with E-state index < -0.39 is 0 Å². The molecule has 0 saturated heterocycles. The molecule has 0 aliphatic carbocycles. The van der Waals surface area contributed by atoms with E-state index in [2.05, 4.69) is 4.90 Å². The van der Waals surface area contributed by atoms with Gasteiger partial charge in [-0.3, -0.25) is 4.90 Å². The third kappa shape index (κ3) is 3.70. The monoisotopic (exact) mass is 284 g/mol. The number of thiophene rings is 1. The highest BCUT2D eigenvalue weighted by Gasteiger charge is 2.06. The van der Waals surface area contributed by atoms with Gasteiger partial charge in [0, 0.05) is 23.7 Å². The van der Waals surface area contributed by atoms with Gasteiger partial charge in [0.1, 0.15) is 5.82 Å². The maximum atomic E-state index is 13.2. The summed E-state index contributed by atoms with van der Waals surface area (Å²) in [6.45, 7) is 1.44. The number of hydrogen-bond acceptors (Lipinski definition) is 3. The molecule has 0 atom stereocenters. The first-order chi connectivity index (χ1) is 8.52. The lowest BCUT2D eigenvalue weighted by Gasteiger charge is -2.16. The highest BCUT2D eigenvalue weighted by Crippen LogP contribution is 2.23. The third-order valence-electron chi connectivity index (χ3n) is 2.49. The Bertz CT molecular complexity index is 521. The van der Waals surface area contributed by atoms with Gasteiger partial charge in [0.15, 0.2) is 0 Å². The first-order valence-corrected chi connectivity index (χ1v) is 6.70. The molecule has 2 N–H and O–H groups in total. The van der Waals surface area contributed by atoms with Crippen LogP contribution in [0.3, 0.4) is 0 Å². The highest BCUT2D eigenvalue weighted by atomic mass is 35.5. The van der Waals surface area contributed by atoms with Crippen LogP contribution in [0.1, 0.15) is 10.4 Å². The second kappa shape index (κ2) is 5.69. The molecule has 2 rings (SSSR count). The van der Waals surface area contributed by atoms with E-state index in [0.29, 0.717) is 12.2 Å². The normalized spacial score (nSPS) is 11.1. The zero-order valence-corrected chi connectivity index (χ0v) is 11.6. The lowest BCUT2D eigenvalue weighted by Crippen LogP contribution is -2.16. The van der Waals surface area contributed by atoms with Crippen LogP contribution in [0.4, 0.5) is 10.1 Å². The van der Waals surface area contributed by atoms with Crippen LogP contribution in [0.15, 0.2) is 30.3 Å². The second-order valence-corrected chi connectivity index (χ2v) is 6.07. The number of halogens is 2. The lowest BCUT2D eigenvalue weighted by molar-refractivity contribution is 0.321. The van der Waals surface area contributed by atoms with Gasteiger partial charge in [-0.2, -0.15) is 0 Å². The van der Waals surface area contributed by atoms with Crippen molar-refractivity contribution in [3.8, 4) is 0 Å². The Balaban J connectivity index is 2.00. The van der Waals surface area contributed by atoms with Gasteiger partial charge in [-0.25, -0.2) is 4.39 Å². The van der Waals surface area contributed by atoms with E-state index in [4.69, 9.17) is 17.3 Å². The Hall–Kier alpha value is -1.10. The molecule has 2 aromatic rings. The Kier molecular flexibility index (Phi) is 4.22. The number of anilines is 1. The predicted octanol–water partition coefficient (Wildman–Crippen LogP) is 3.75. The maximum Gasteiger partial charge on any atom is 0.125 e. The van der Waals surface area contributed by atoms with Crippen molar-refractivity contribution in [2.75, 3.05) is 12.8 Å². The molecule has 0 radical (unpaired) electrons. The van der Waals surface area contributed by atoms with Crippen LogP contribution in [-0.4, -0.2) is 11.9 Å². The van der Waals surface area contributed by atoms with Crippen molar-refractivity contribution in [3.63, 3.8) is 0 Å². The van der Waals surface area contributed by atoms with Crippen LogP contribution in [0.25, 0.3) is 0 Å².